The van der Waals surface area contributed by atoms with Crippen molar-refractivity contribution >= 4 is 11.8 Å². The highest BCUT2D eigenvalue weighted by molar-refractivity contribution is 5.90. The SMILES string of the molecule is CNC(=O)CN(C)C(=O)C1(C#N)CCC1. The number of nitrogens with zero attached hydrogens (tertiary/aromatic N) is 2. The number of hydrogen-bond donors (Lipinski definition) is 1. The number of carbonyl (C=O) groups is 2. The van der Waals surface area contributed by atoms with Gasteiger partial charge in [-0.05, 0) is 19.3 Å². The maximum atomic E-state index is 11.9. The third-order valence-corrected chi connectivity index (χ3v) is 2.84. The molecule has 0 saturated heterocycles. The van der Waals surface area contributed by atoms with E-state index in [4.69, 9.17) is 5.26 Å². The number of nitriles is 1. The monoisotopic (exact) mass is 209 g/mol. The largest absolute Gasteiger partial charge is 0.358 e. The maximum absolute atomic E-state index is 11.9. The van der Waals surface area contributed by atoms with E-state index in [9.17, 15) is 9.59 Å². The quantitative estimate of drug-likeness (QED) is 0.704. The van der Waals surface area contributed by atoms with Crippen molar-refractivity contribution in [1.29, 1.82) is 5.26 Å². The van der Waals surface area contributed by atoms with Gasteiger partial charge in [0.1, 0.15) is 5.41 Å². The van der Waals surface area contributed by atoms with Crippen LogP contribution in [-0.2, 0) is 9.59 Å². The van der Waals surface area contributed by atoms with Gasteiger partial charge in [-0.3, -0.25) is 9.59 Å². The first-order chi connectivity index (χ1) is 7.05. The molecule has 0 aromatic rings. The van der Waals surface area contributed by atoms with Crippen LogP contribution in [0, 0.1) is 16.7 Å². The number of rotatable bonds is 3. The number of carbonyl (C=O) groups excluding carboxylic acids is 2. The molecule has 1 aliphatic rings. The van der Waals surface area contributed by atoms with Crippen LogP contribution in [0.4, 0.5) is 0 Å². The molecule has 82 valence electrons. The first kappa shape index (κ1) is 11.5. The molecule has 0 atom stereocenters. The highest BCUT2D eigenvalue weighted by Crippen LogP contribution is 2.41. The van der Waals surface area contributed by atoms with Crippen LogP contribution in [0.1, 0.15) is 19.3 Å². The maximum Gasteiger partial charge on any atom is 0.243 e. The molecule has 0 aromatic carbocycles. The van der Waals surface area contributed by atoms with E-state index in [1.165, 1.54) is 11.9 Å². The Morgan fingerprint density at radius 2 is 2.13 bits per heavy atom. The molecule has 1 aliphatic carbocycles. The molecule has 5 nitrogen and oxygen atoms in total. The zero-order valence-electron chi connectivity index (χ0n) is 9.04. The van der Waals surface area contributed by atoms with Crippen molar-refractivity contribution in [3.63, 3.8) is 0 Å². The van der Waals surface area contributed by atoms with Crippen LogP contribution in [0.2, 0.25) is 0 Å². The fourth-order valence-electron chi connectivity index (χ4n) is 1.64. The van der Waals surface area contributed by atoms with Gasteiger partial charge in [0.25, 0.3) is 0 Å². The molecule has 1 rings (SSSR count). The second-order valence-corrected chi connectivity index (χ2v) is 3.88. The van der Waals surface area contributed by atoms with E-state index in [0.29, 0.717) is 12.8 Å². The van der Waals surface area contributed by atoms with Gasteiger partial charge in [-0.15, -0.1) is 0 Å². The second-order valence-electron chi connectivity index (χ2n) is 3.88. The van der Waals surface area contributed by atoms with Crippen LogP contribution in [0.15, 0.2) is 0 Å². The van der Waals surface area contributed by atoms with Crippen molar-refractivity contribution in [3.8, 4) is 6.07 Å². The first-order valence-corrected chi connectivity index (χ1v) is 4.93. The van der Waals surface area contributed by atoms with E-state index in [-0.39, 0.29) is 18.4 Å². The molecule has 0 spiro atoms. The fraction of sp³-hybridized carbons (Fsp3) is 0.700. The average Bonchev–Trinajstić information content (AvgIpc) is 2.16. The lowest BCUT2D eigenvalue weighted by molar-refractivity contribution is -0.144. The Bertz CT molecular complexity index is 315. The van der Waals surface area contributed by atoms with Crippen molar-refractivity contribution in [2.75, 3.05) is 20.6 Å². The molecule has 1 N–H and O–H groups in total. The van der Waals surface area contributed by atoms with Gasteiger partial charge >= 0.3 is 0 Å². The topological polar surface area (TPSA) is 73.2 Å². The number of amides is 2. The van der Waals surface area contributed by atoms with E-state index in [2.05, 4.69) is 11.4 Å². The first-order valence-electron chi connectivity index (χ1n) is 4.93. The molecular formula is C10H15N3O2. The Hall–Kier alpha value is -1.57. The molecule has 0 aromatic heterocycles. The Morgan fingerprint density at radius 3 is 2.47 bits per heavy atom. The highest BCUT2D eigenvalue weighted by Gasteiger charge is 2.46. The molecule has 0 radical (unpaired) electrons. The van der Waals surface area contributed by atoms with Crippen molar-refractivity contribution in [2.45, 2.75) is 19.3 Å². The molecule has 0 unspecified atom stereocenters. The lowest BCUT2D eigenvalue weighted by atomic mass is 9.69. The number of hydrogen-bond acceptors (Lipinski definition) is 3. The Balaban J connectivity index is 2.60. The van der Waals surface area contributed by atoms with Gasteiger partial charge in [-0.1, -0.05) is 0 Å². The third-order valence-electron chi connectivity index (χ3n) is 2.84. The average molecular weight is 209 g/mol. The Morgan fingerprint density at radius 1 is 1.53 bits per heavy atom. The number of nitrogens with one attached hydrogen (secondary N) is 1. The van der Waals surface area contributed by atoms with Crippen molar-refractivity contribution in [2.24, 2.45) is 5.41 Å². The molecule has 1 saturated carbocycles. The summed E-state index contributed by atoms with van der Waals surface area (Å²) in [4.78, 5) is 24.2. The Kier molecular flexibility index (Phi) is 3.30. The van der Waals surface area contributed by atoms with Crippen molar-refractivity contribution in [1.82, 2.24) is 10.2 Å². The zero-order valence-corrected chi connectivity index (χ0v) is 9.04. The van der Waals surface area contributed by atoms with Crippen LogP contribution >= 0.6 is 0 Å². The predicted octanol–water partition coefficient (Wildman–Crippen LogP) is -0.115. The van der Waals surface area contributed by atoms with Crippen molar-refractivity contribution < 1.29 is 9.59 Å². The third kappa shape index (κ3) is 2.09. The standard InChI is InChI=1S/C10H15N3O2/c1-12-8(14)6-13(2)9(15)10(7-11)4-3-5-10/h3-6H2,1-2H3,(H,12,14). The molecule has 5 heteroatoms. The minimum Gasteiger partial charge on any atom is -0.358 e. The summed E-state index contributed by atoms with van der Waals surface area (Å²) < 4.78 is 0. The van der Waals surface area contributed by atoms with Crippen LogP contribution in [-0.4, -0.2) is 37.4 Å². The van der Waals surface area contributed by atoms with Crippen LogP contribution < -0.4 is 5.32 Å². The van der Waals surface area contributed by atoms with Crippen LogP contribution in [0.25, 0.3) is 0 Å². The lowest BCUT2D eigenvalue weighted by Gasteiger charge is -2.36. The second kappa shape index (κ2) is 4.30. The minimum absolute atomic E-state index is 0.0127. The van der Waals surface area contributed by atoms with Gasteiger partial charge in [-0.25, -0.2) is 0 Å². The van der Waals surface area contributed by atoms with E-state index in [0.717, 1.165) is 6.42 Å². The molecule has 0 bridgehead atoms. The van der Waals surface area contributed by atoms with E-state index in [1.807, 2.05) is 0 Å². The molecule has 0 heterocycles. The fourth-order valence-corrected chi connectivity index (χ4v) is 1.64. The molecule has 0 aliphatic heterocycles. The molecular weight excluding hydrogens is 194 g/mol. The van der Waals surface area contributed by atoms with Gasteiger partial charge in [0.15, 0.2) is 0 Å². The molecule has 2 amide bonds. The summed E-state index contributed by atoms with van der Waals surface area (Å²) in [6, 6.07) is 2.06. The summed E-state index contributed by atoms with van der Waals surface area (Å²) in [6.07, 6.45) is 2.13. The van der Waals surface area contributed by atoms with Crippen LogP contribution in [0.5, 0.6) is 0 Å². The smallest absolute Gasteiger partial charge is 0.243 e. The summed E-state index contributed by atoms with van der Waals surface area (Å²) >= 11 is 0. The Labute approximate surface area is 89.0 Å². The summed E-state index contributed by atoms with van der Waals surface area (Å²) in [6.45, 7) is 0.0127. The molecule has 1 fully saturated rings. The van der Waals surface area contributed by atoms with Gasteiger partial charge in [0.05, 0.1) is 12.6 Å². The molecule has 15 heavy (non-hydrogen) atoms. The summed E-state index contributed by atoms with van der Waals surface area (Å²) in [5.41, 5.74) is -0.858. The van der Waals surface area contributed by atoms with Gasteiger partial charge in [-0.2, -0.15) is 5.26 Å². The lowest BCUT2D eigenvalue weighted by Crippen LogP contribution is -2.48. The van der Waals surface area contributed by atoms with Gasteiger partial charge in [0.2, 0.25) is 11.8 Å². The zero-order chi connectivity index (χ0) is 11.5. The normalized spacial score (nSPS) is 17.1. The summed E-state index contributed by atoms with van der Waals surface area (Å²) in [5, 5.41) is 11.4. The summed E-state index contributed by atoms with van der Waals surface area (Å²) in [7, 11) is 3.07. The minimum atomic E-state index is -0.858. The van der Waals surface area contributed by atoms with Gasteiger partial charge in [0, 0.05) is 14.1 Å². The van der Waals surface area contributed by atoms with Gasteiger partial charge < -0.3 is 10.2 Å². The number of likely N-dealkylation sites (N-methyl/N-ethyl adjacent to an activating group) is 2. The summed E-state index contributed by atoms with van der Waals surface area (Å²) in [5.74, 6) is -0.460. The van der Waals surface area contributed by atoms with E-state index in [1.54, 1.807) is 7.05 Å². The van der Waals surface area contributed by atoms with E-state index >= 15 is 0 Å². The van der Waals surface area contributed by atoms with E-state index < -0.39 is 5.41 Å². The highest BCUT2D eigenvalue weighted by atomic mass is 16.2. The van der Waals surface area contributed by atoms with Crippen LogP contribution in [0.3, 0.4) is 0 Å². The predicted molar refractivity (Wildman–Crippen MR) is 53.6 cm³/mol. The van der Waals surface area contributed by atoms with Crippen molar-refractivity contribution in [3.05, 3.63) is 0 Å².